The Morgan fingerprint density at radius 3 is 2.71 bits per heavy atom. The lowest BCUT2D eigenvalue weighted by atomic mass is 10.1. The number of morpholine rings is 1. The molecule has 0 aliphatic carbocycles. The maximum Gasteiger partial charge on any atom is 0.251 e. The smallest absolute Gasteiger partial charge is 0.251 e. The van der Waals surface area contributed by atoms with Crippen LogP contribution in [0.25, 0.3) is 10.8 Å². The molecule has 2 aliphatic heterocycles. The van der Waals surface area contributed by atoms with Gasteiger partial charge >= 0.3 is 0 Å². The zero-order valence-electron chi connectivity index (χ0n) is 16.4. The Balaban J connectivity index is 1.35. The van der Waals surface area contributed by atoms with Crippen molar-refractivity contribution in [3.8, 4) is 0 Å². The summed E-state index contributed by atoms with van der Waals surface area (Å²) in [6.07, 6.45) is 1.22. The van der Waals surface area contributed by atoms with Gasteiger partial charge in [-0.05, 0) is 29.3 Å². The number of ether oxygens (including phenoxy) is 1. The topological polar surface area (TPSA) is 61.9 Å². The Morgan fingerprint density at radius 1 is 1.14 bits per heavy atom. The highest BCUT2D eigenvalue weighted by molar-refractivity contribution is 5.98. The summed E-state index contributed by atoms with van der Waals surface area (Å²) in [6.45, 7) is 2.17. The highest BCUT2D eigenvalue weighted by atomic mass is 16.5. The van der Waals surface area contributed by atoms with Crippen LogP contribution in [0.5, 0.6) is 0 Å². The van der Waals surface area contributed by atoms with E-state index in [-0.39, 0.29) is 24.0 Å². The van der Waals surface area contributed by atoms with Gasteiger partial charge in [-0.1, -0.05) is 30.3 Å². The molecule has 0 spiro atoms. The number of rotatable bonds is 4. The quantitative estimate of drug-likeness (QED) is 0.879. The maximum atomic E-state index is 12.7. The van der Waals surface area contributed by atoms with E-state index in [1.54, 1.807) is 19.0 Å². The van der Waals surface area contributed by atoms with Gasteiger partial charge in [0.1, 0.15) is 0 Å². The zero-order valence-corrected chi connectivity index (χ0v) is 16.4. The zero-order chi connectivity index (χ0) is 19.7. The third kappa shape index (κ3) is 4.03. The molecule has 2 aliphatic rings. The summed E-state index contributed by atoms with van der Waals surface area (Å²) in [6, 6.07) is 14.3. The molecule has 1 N–H and O–H groups in total. The number of carbonyl (C=O) groups is 2. The van der Waals surface area contributed by atoms with Gasteiger partial charge in [0.2, 0.25) is 5.91 Å². The number of amides is 2. The van der Waals surface area contributed by atoms with Crippen molar-refractivity contribution in [2.24, 2.45) is 0 Å². The van der Waals surface area contributed by atoms with Crippen molar-refractivity contribution in [3.05, 3.63) is 48.0 Å². The van der Waals surface area contributed by atoms with Crippen molar-refractivity contribution >= 4 is 22.6 Å². The highest BCUT2D eigenvalue weighted by Crippen LogP contribution is 2.25. The third-order valence-corrected chi connectivity index (χ3v) is 5.74. The van der Waals surface area contributed by atoms with E-state index in [0.717, 1.165) is 30.3 Å². The largest absolute Gasteiger partial charge is 0.375 e. The minimum atomic E-state index is -0.0684. The molecule has 0 bridgehead atoms. The molecule has 6 heteroatoms. The van der Waals surface area contributed by atoms with Crippen LogP contribution in [-0.2, 0) is 9.53 Å². The van der Waals surface area contributed by atoms with Crippen molar-refractivity contribution in [2.45, 2.75) is 31.0 Å². The van der Waals surface area contributed by atoms with Gasteiger partial charge < -0.3 is 15.0 Å². The standard InChI is InChI=1S/C22H27N3O3/c1-24(2)21(26)11-20-13-25-12-18(10-19(25)14-28-20)23-22(27)17-8-7-15-5-3-4-6-16(15)9-17/h3-9,18-20H,10-14H2,1-2H3,(H,23,27)/t18-,19-,20-/m0/s1. The molecule has 0 radical (unpaired) electrons. The van der Waals surface area contributed by atoms with Gasteiger partial charge in [0.25, 0.3) is 5.91 Å². The SMILES string of the molecule is CN(C)C(=O)C[C@H]1CN2C[C@@H](NC(=O)c3ccc4ccccc4c3)C[C@H]2CO1. The van der Waals surface area contributed by atoms with Gasteiger partial charge in [-0.2, -0.15) is 0 Å². The van der Waals surface area contributed by atoms with Crippen molar-refractivity contribution in [3.63, 3.8) is 0 Å². The van der Waals surface area contributed by atoms with Crippen LogP contribution in [0.3, 0.4) is 0 Å². The van der Waals surface area contributed by atoms with Crippen LogP contribution in [0, 0.1) is 0 Å². The average Bonchev–Trinajstić information content (AvgIpc) is 3.08. The molecule has 6 nitrogen and oxygen atoms in total. The van der Waals surface area contributed by atoms with Crippen LogP contribution in [0.2, 0.25) is 0 Å². The van der Waals surface area contributed by atoms with Gasteiger partial charge in [0.15, 0.2) is 0 Å². The lowest BCUT2D eigenvalue weighted by molar-refractivity contribution is -0.134. The van der Waals surface area contributed by atoms with E-state index in [0.29, 0.717) is 24.6 Å². The molecule has 0 aromatic heterocycles. The number of hydrogen-bond acceptors (Lipinski definition) is 4. The van der Waals surface area contributed by atoms with E-state index >= 15 is 0 Å². The summed E-state index contributed by atoms with van der Waals surface area (Å²) in [7, 11) is 3.53. The van der Waals surface area contributed by atoms with Crippen molar-refractivity contribution in [1.29, 1.82) is 0 Å². The van der Waals surface area contributed by atoms with E-state index in [4.69, 9.17) is 4.74 Å². The molecular weight excluding hydrogens is 354 g/mol. The molecule has 0 saturated carbocycles. The lowest BCUT2D eigenvalue weighted by Gasteiger charge is -2.35. The number of hydrogen-bond donors (Lipinski definition) is 1. The molecule has 2 aromatic rings. The summed E-state index contributed by atoms with van der Waals surface area (Å²) in [5.41, 5.74) is 0.689. The Bertz CT molecular complexity index is 882. The van der Waals surface area contributed by atoms with E-state index in [1.165, 1.54) is 0 Å². The predicted molar refractivity (Wildman–Crippen MR) is 108 cm³/mol. The van der Waals surface area contributed by atoms with Gasteiger partial charge in [0, 0.05) is 44.8 Å². The number of fused-ring (bicyclic) bond motifs is 2. The molecule has 2 amide bonds. The molecule has 4 rings (SSSR count). The van der Waals surface area contributed by atoms with Gasteiger partial charge in [-0.15, -0.1) is 0 Å². The maximum absolute atomic E-state index is 12.7. The Morgan fingerprint density at radius 2 is 1.93 bits per heavy atom. The molecule has 2 fully saturated rings. The Kier molecular flexibility index (Phi) is 5.33. The van der Waals surface area contributed by atoms with E-state index < -0.39 is 0 Å². The second-order valence-electron chi connectivity index (χ2n) is 8.02. The minimum Gasteiger partial charge on any atom is -0.375 e. The normalized spacial score (nSPS) is 24.7. The average molecular weight is 381 g/mol. The second-order valence-corrected chi connectivity index (χ2v) is 8.02. The van der Waals surface area contributed by atoms with Crippen LogP contribution < -0.4 is 5.32 Å². The summed E-state index contributed by atoms with van der Waals surface area (Å²) >= 11 is 0. The molecule has 28 heavy (non-hydrogen) atoms. The number of nitrogens with zero attached hydrogens (tertiary/aromatic N) is 2. The Labute approximate surface area is 165 Å². The fraction of sp³-hybridized carbons (Fsp3) is 0.455. The highest BCUT2D eigenvalue weighted by Gasteiger charge is 2.38. The van der Waals surface area contributed by atoms with Gasteiger partial charge in [-0.3, -0.25) is 14.5 Å². The number of nitrogens with one attached hydrogen (secondary N) is 1. The number of benzene rings is 2. The molecule has 0 unspecified atom stereocenters. The molecular formula is C22H27N3O3. The van der Waals surface area contributed by atoms with E-state index in [9.17, 15) is 9.59 Å². The van der Waals surface area contributed by atoms with Crippen LogP contribution in [0.15, 0.2) is 42.5 Å². The third-order valence-electron chi connectivity index (χ3n) is 5.74. The second kappa shape index (κ2) is 7.89. The fourth-order valence-corrected chi connectivity index (χ4v) is 4.15. The van der Waals surface area contributed by atoms with Crippen LogP contribution in [-0.4, -0.2) is 73.6 Å². The van der Waals surface area contributed by atoms with Crippen molar-refractivity contribution in [1.82, 2.24) is 15.1 Å². The van der Waals surface area contributed by atoms with Gasteiger partial charge in [-0.25, -0.2) is 0 Å². The molecule has 148 valence electrons. The fourth-order valence-electron chi connectivity index (χ4n) is 4.15. The predicted octanol–water partition coefficient (Wildman–Crippen LogP) is 1.89. The van der Waals surface area contributed by atoms with Crippen LogP contribution >= 0.6 is 0 Å². The van der Waals surface area contributed by atoms with E-state index in [2.05, 4.69) is 10.2 Å². The summed E-state index contributed by atoms with van der Waals surface area (Å²) < 4.78 is 5.90. The first-order valence-corrected chi connectivity index (χ1v) is 9.85. The van der Waals surface area contributed by atoms with Gasteiger partial charge in [0.05, 0.1) is 19.1 Å². The monoisotopic (exact) mass is 381 g/mol. The summed E-state index contributed by atoms with van der Waals surface area (Å²) in [4.78, 5) is 28.6. The molecule has 3 atom stereocenters. The first kappa shape index (κ1) is 18.9. The first-order chi connectivity index (χ1) is 13.5. The molecule has 2 aromatic carbocycles. The van der Waals surface area contributed by atoms with Crippen molar-refractivity contribution < 1.29 is 14.3 Å². The Hall–Kier alpha value is -2.44. The van der Waals surface area contributed by atoms with E-state index in [1.807, 2.05) is 42.5 Å². The van der Waals surface area contributed by atoms with Crippen LogP contribution in [0.1, 0.15) is 23.2 Å². The number of carbonyl (C=O) groups excluding carboxylic acids is 2. The lowest BCUT2D eigenvalue weighted by Crippen LogP contribution is -2.47. The van der Waals surface area contributed by atoms with Crippen LogP contribution in [0.4, 0.5) is 0 Å². The minimum absolute atomic E-state index is 0.0316. The summed E-state index contributed by atoms with van der Waals surface area (Å²) in [5.74, 6) is 0.0552. The first-order valence-electron chi connectivity index (χ1n) is 9.85. The molecule has 2 saturated heterocycles. The molecule has 2 heterocycles. The van der Waals surface area contributed by atoms with Crippen molar-refractivity contribution in [2.75, 3.05) is 33.8 Å². The summed E-state index contributed by atoms with van der Waals surface area (Å²) in [5, 5.41) is 5.38.